The molecule has 0 bridgehead atoms. The van der Waals surface area contributed by atoms with Crippen molar-refractivity contribution in [3.63, 3.8) is 0 Å². The van der Waals surface area contributed by atoms with Crippen molar-refractivity contribution in [2.24, 2.45) is 5.73 Å². The quantitative estimate of drug-likeness (QED) is 0.401. The van der Waals surface area contributed by atoms with Gasteiger partial charge in [0.05, 0.1) is 10.1 Å². The Hall–Kier alpha value is -1.97. The van der Waals surface area contributed by atoms with Crippen LogP contribution in [0.3, 0.4) is 0 Å². The minimum Gasteiger partial charge on any atom is -0.370 e. The number of carbonyl (C=O) groups excluding carboxylic acids is 2. The molecule has 1 unspecified atom stereocenters. The first-order chi connectivity index (χ1) is 13.0. The fraction of sp³-hybridized carbons (Fsp3) is 0.222. The second-order valence-corrected chi connectivity index (χ2v) is 8.95. The first kappa shape index (κ1) is 19.8. The highest BCUT2D eigenvalue weighted by Gasteiger charge is 2.22. The predicted molar refractivity (Wildman–Crippen MR) is 111 cm³/mol. The molecule has 2 heterocycles. The van der Waals surface area contributed by atoms with Crippen molar-refractivity contribution in [3.05, 3.63) is 51.8 Å². The number of halogens is 1. The Morgan fingerprint density at radius 2 is 2.00 bits per heavy atom. The molecule has 140 valence electrons. The Bertz CT molecular complexity index is 939. The summed E-state index contributed by atoms with van der Waals surface area (Å²) in [6.07, 6.45) is 0.180. The van der Waals surface area contributed by atoms with Gasteiger partial charge in [0.2, 0.25) is 5.91 Å². The third-order valence-electron chi connectivity index (χ3n) is 3.82. The van der Waals surface area contributed by atoms with Gasteiger partial charge in [0.15, 0.2) is 16.8 Å². The normalized spacial score (nSPS) is 12.1. The number of thiophene rings is 1. The number of nitrogens with zero attached hydrogens (tertiary/aromatic N) is 3. The van der Waals surface area contributed by atoms with E-state index in [1.807, 2.05) is 41.1 Å². The maximum atomic E-state index is 12.7. The maximum absolute atomic E-state index is 12.7. The maximum Gasteiger partial charge on any atom is 0.219 e. The molecule has 9 heteroatoms. The Labute approximate surface area is 173 Å². The molecule has 2 N–H and O–H groups in total. The topological polar surface area (TPSA) is 90.9 Å². The van der Waals surface area contributed by atoms with Gasteiger partial charge in [0.25, 0.3) is 0 Å². The third-order valence-corrected chi connectivity index (χ3v) is 6.30. The molecule has 27 heavy (non-hydrogen) atoms. The van der Waals surface area contributed by atoms with Crippen LogP contribution in [0.4, 0.5) is 0 Å². The summed E-state index contributed by atoms with van der Waals surface area (Å²) < 4.78 is 2.78. The summed E-state index contributed by atoms with van der Waals surface area (Å²) >= 11 is 6.24. The lowest BCUT2D eigenvalue weighted by molar-refractivity contribution is -0.118. The van der Waals surface area contributed by atoms with Crippen LogP contribution < -0.4 is 5.73 Å². The number of thioether (sulfide) groups is 1. The van der Waals surface area contributed by atoms with E-state index < -0.39 is 5.91 Å². The van der Waals surface area contributed by atoms with E-state index in [1.54, 1.807) is 23.5 Å². The van der Waals surface area contributed by atoms with Crippen LogP contribution in [0.5, 0.6) is 0 Å². The molecule has 6 nitrogen and oxygen atoms in total. The van der Waals surface area contributed by atoms with Crippen molar-refractivity contribution >= 4 is 50.7 Å². The SMILES string of the molecule is CC(Sc1nnc(-c2cccs2)n1CCC(N)=O)C(=O)c1ccc(Br)cc1. The molecule has 1 aromatic carbocycles. The lowest BCUT2D eigenvalue weighted by Gasteiger charge is -2.12. The van der Waals surface area contributed by atoms with Gasteiger partial charge in [0, 0.05) is 23.0 Å². The van der Waals surface area contributed by atoms with Crippen LogP contribution in [0.1, 0.15) is 23.7 Å². The lowest BCUT2D eigenvalue weighted by atomic mass is 10.1. The Morgan fingerprint density at radius 3 is 2.63 bits per heavy atom. The average molecular weight is 465 g/mol. The molecule has 0 saturated carbocycles. The summed E-state index contributed by atoms with van der Waals surface area (Å²) in [4.78, 5) is 24.9. The number of nitrogens with two attached hydrogens (primary N) is 1. The summed E-state index contributed by atoms with van der Waals surface area (Å²) in [5.74, 6) is 0.294. The van der Waals surface area contributed by atoms with Crippen LogP contribution in [0.15, 0.2) is 51.4 Å². The number of rotatable bonds is 8. The largest absolute Gasteiger partial charge is 0.370 e. The van der Waals surface area contributed by atoms with Crippen molar-refractivity contribution in [2.75, 3.05) is 0 Å². The van der Waals surface area contributed by atoms with E-state index in [0.29, 0.717) is 23.1 Å². The molecule has 0 aliphatic heterocycles. The third kappa shape index (κ3) is 4.85. The number of Topliss-reactive ketones (excluding diaryl/α,β-unsaturated/α-hetero) is 1. The van der Waals surface area contributed by atoms with E-state index in [9.17, 15) is 9.59 Å². The van der Waals surface area contributed by atoms with Gasteiger partial charge in [-0.3, -0.25) is 9.59 Å². The molecule has 3 rings (SSSR count). The van der Waals surface area contributed by atoms with E-state index in [1.165, 1.54) is 11.8 Å². The first-order valence-electron chi connectivity index (χ1n) is 8.17. The fourth-order valence-corrected chi connectivity index (χ4v) is 4.38. The van der Waals surface area contributed by atoms with Crippen LogP contribution in [0.2, 0.25) is 0 Å². The number of amides is 1. The Kier molecular flexibility index (Phi) is 6.46. The first-order valence-corrected chi connectivity index (χ1v) is 10.7. The molecule has 0 fully saturated rings. The molecule has 0 aliphatic rings. The van der Waals surface area contributed by atoms with Gasteiger partial charge in [-0.1, -0.05) is 45.9 Å². The van der Waals surface area contributed by atoms with E-state index in [0.717, 1.165) is 9.35 Å². The number of aromatic nitrogens is 3. The monoisotopic (exact) mass is 464 g/mol. The van der Waals surface area contributed by atoms with Crippen molar-refractivity contribution < 1.29 is 9.59 Å². The van der Waals surface area contributed by atoms with E-state index in [2.05, 4.69) is 26.1 Å². The summed E-state index contributed by atoms with van der Waals surface area (Å²) in [7, 11) is 0. The molecule has 3 aromatic rings. The van der Waals surface area contributed by atoms with Gasteiger partial charge < -0.3 is 10.3 Å². The molecule has 0 aliphatic carbocycles. The smallest absolute Gasteiger partial charge is 0.219 e. The highest BCUT2D eigenvalue weighted by Crippen LogP contribution is 2.30. The summed E-state index contributed by atoms with van der Waals surface area (Å²) in [5.41, 5.74) is 5.95. The highest BCUT2D eigenvalue weighted by atomic mass is 79.9. The van der Waals surface area contributed by atoms with E-state index in [4.69, 9.17) is 5.73 Å². The Morgan fingerprint density at radius 1 is 1.26 bits per heavy atom. The molecule has 1 amide bonds. The van der Waals surface area contributed by atoms with Gasteiger partial charge >= 0.3 is 0 Å². The molecule has 1 atom stereocenters. The summed E-state index contributed by atoms with van der Waals surface area (Å²) in [6, 6.07) is 11.1. The zero-order chi connectivity index (χ0) is 19.4. The van der Waals surface area contributed by atoms with E-state index >= 15 is 0 Å². The lowest BCUT2D eigenvalue weighted by Crippen LogP contribution is -2.17. The van der Waals surface area contributed by atoms with Gasteiger partial charge in [-0.05, 0) is 30.5 Å². The van der Waals surface area contributed by atoms with Crippen LogP contribution >= 0.6 is 39.0 Å². The Balaban J connectivity index is 1.83. The average Bonchev–Trinajstić information content (AvgIpc) is 3.29. The van der Waals surface area contributed by atoms with Crippen LogP contribution in [-0.2, 0) is 11.3 Å². The number of hydrogen-bond donors (Lipinski definition) is 1. The molecular formula is C18H17BrN4O2S2. The van der Waals surface area contributed by atoms with Crippen LogP contribution in [-0.4, -0.2) is 31.7 Å². The molecule has 0 radical (unpaired) electrons. The van der Waals surface area contributed by atoms with Crippen LogP contribution in [0, 0.1) is 0 Å². The van der Waals surface area contributed by atoms with E-state index in [-0.39, 0.29) is 17.5 Å². The standard InChI is InChI=1S/C18H17BrN4O2S2/c1-11(16(25)12-4-6-13(19)7-5-12)27-18-22-21-17(14-3-2-10-26-14)23(18)9-8-15(20)24/h2-7,10-11H,8-9H2,1H3,(H2,20,24). The van der Waals surface area contributed by atoms with Gasteiger partial charge in [-0.2, -0.15) is 0 Å². The zero-order valence-electron chi connectivity index (χ0n) is 14.5. The predicted octanol–water partition coefficient (Wildman–Crippen LogP) is 4.01. The minimum atomic E-state index is -0.393. The van der Waals surface area contributed by atoms with Crippen molar-refractivity contribution in [1.82, 2.24) is 14.8 Å². The van der Waals surface area contributed by atoms with Gasteiger partial charge in [0.1, 0.15) is 0 Å². The second kappa shape index (κ2) is 8.81. The number of benzene rings is 1. The molecular weight excluding hydrogens is 448 g/mol. The second-order valence-electron chi connectivity index (χ2n) is 5.78. The molecule has 0 spiro atoms. The molecule has 2 aromatic heterocycles. The van der Waals surface area contributed by atoms with Crippen molar-refractivity contribution in [3.8, 4) is 10.7 Å². The number of primary amides is 1. The zero-order valence-corrected chi connectivity index (χ0v) is 17.7. The van der Waals surface area contributed by atoms with Gasteiger partial charge in [-0.15, -0.1) is 21.5 Å². The highest BCUT2D eigenvalue weighted by molar-refractivity contribution is 9.10. The number of ketones is 1. The van der Waals surface area contributed by atoms with Gasteiger partial charge in [-0.25, -0.2) is 0 Å². The molecule has 0 saturated heterocycles. The van der Waals surface area contributed by atoms with Crippen molar-refractivity contribution in [2.45, 2.75) is 30.3 Å². The summed E-state index contributed by atoms with van der Waals surface area (Å²) in [5, 5.41) is 10.7. The van der Waals surface area contributed by atoms with Crippen LogP contribution in [0.25, 0.3) is 10.7 Å². The summed E-state index contributed by atoms with van der Waals surface area (Å²) in [6.45, 7) is 2.21. The van der Waals surface area contributed by atoms with Crippen molar-refractivity contribution in [1.29, 1.82) is 0 Å². The minimum absolute atomic E-state index is 0.00891. The fourth-order valence-electron chi connectivity index (χ4n) is 2.45. The number of hydrogen-bond acceptors (Lipinski definition) is 6. The number of carbonyl (C=O) groups is 2.